The van der Waals surface area contributed by atoms with Gasteiger partial charge in [-0.2, -0.15) is 4.98 Å². The molecule has 3 aromatic rings. The van der Waals surface area contributed by atoms with Crippen LogP contribution in [0.1, 0.15) is 33.3 Å². The summed E-state index contributed by atoms with van der Waals surface area (Å²) in [6, 6.07) is 19.4. The van der Waals surface area contributed by atoms with Crippen molar-refractivity contribution in [3.63, 3.8) is 0 Å². The van der Waals surface area contributed by atoms with Crippen LogP contribution in [0.5, 0.6) is 0 Å². The molecule has 0 atom stereocenters. The molecule has 0 unspecified atom stereocenters. The minimum absolute atomic E-state index is 0.154. The number of carbonyl (C=O) groups excluding carboxylic acids is 2. The van der Waals surface area contributed by atoms with Crippen LogP contribution in [0.4, 0.5) is 11.8 Å². The summed E-state index contributed by atoms with van der Waals surface area (Å²) in [5.41, 5.74) is 1.75. The van der Waals surface area contributed by atoms with E-state index in [-0.39, 0.29) is 17.8 Å². The Kier molecular flexibility index (Phi) is 5.34. The van der Waals surface area contributed by atoms with Gasteiger partial charge in [0.15, 0.2) is 0 Å². The lowest BCUT2D eigenvalue weighted by Gasteiger charge is -2.09. The van der Waals surface area contributed by atoms with Crippen molar-refractivity contribution in [2.24, 2.45) is 0 Å². The Morgan fingerprint density at radius 1 is 0.808 bits per heavy atom. The van der Waals surface area contributed by atoms with E-state index in [2.05, 4.69) is 20.6 Å². The van der Waals surface area contributed by atoms with Crippen LogP contribution >= 0.6 is 0 Å². The molecule has 0 aliphatic carbocycles. The van der Waals surface area contributed by atoms with Gasteiger partial charge in [-0.25, -0.2) is 4.98 Å². The van der Waals surface area contributed by atoms with Gasteiger partial charge in [0.2, 0.25) is 5.95 Å². The molecule has 6 nitrogen and oxygen atoms in total. The molecule has 1 aromatic heterocycles. The van der Waals surface area contributed by atoms with Gasteiger partial charge in [-0.15, -0.1) is 0 Å². The van der Waals surface area contributed by atoms with Gasteiger partial charge in [-0.3, -0.25) is 14.9 Å². The van der Waals surface area contributed by atoms with E-state index in [1.165, 1.54) is 0 Å². The molecule has 6 heteroatoms. The zero-order chi connectivity index (χ0) is 18.4. The second kappa shape index (κ2) is 8.02. The normalized spacial score (nSPS) is 10.2. The molecular formula is C20H18N4O2. The number of hydrogen-bond acceptors (Lipinski definition) is 4. The largest absolute Gasteiger partial charge is 0.306 e. The first-order valence-electron chi connectivity index (χ1n) is 8.26. The molecule has 0 saturated heterocycles. The second-order valence-corrected chi connectivity index (χ2v) is 5.56. The quantitative estimate of drug-likeness (QED) is 0.740. The number of carbonyl (C=O) groups is 2. The van der Waals surface area contributed by atoms with Crippen LogP contribution in [0, 0.1) is 0 Å². The van der Waals surface area contributed by atoms with Crippen molar-refractivity contribution in [3.8, 4) is 0 Å². The van der Waals surface area contributed by atoms with Gasteiger partial charge in [0, 0.05) is 22.9 Å². The monoisotopic (exact) mass is 346 g/mol. The Bertz CT molecular complexity index is 840. The molecule has 3 rings (SSSR count). The minimum Gasteiger partial charge on any atom is -0.306 e. The molecule has 0 aliphatic rings. The van der Waals surface area contributed by atoms with E-state index in [4.69, 9.17) is 0 Å². The number of benzene rings is 2. The van der Waals surface area contributed by atoms with Gasteiger partial charge < -0.3 is 5.32 Å². The lowest BCUT2D eigenvalue weighted by Crippen LogP contribution is -2.17. The van der Waals surface area contributed by atoms with E-state index in [1.807, 2.05) is 19.1 Å². The highest BCUT2D eigenvalue weighted by Gasteiger charge is 2.12. The molecule has 1 heterocycles. The maximum atomic E-state index is 12.3. The van der Waals surface area contributed by atoms with E-state index in [1.54, 1.807) is 54.6 Å². The summed E-state index contributed by atoms with van der Waals surface area (Å²) in [6.07, 6.45) is 0.644. The standard InChI is InChI=1S/C20H18N4O2/c1-2-16-13-17(22-18(25)14-9-5-3-6-10-14)23-20(21-16)24-19(26)15-11-7-4-8-12-15/h3-13H,2H2,1H3,(H2,21,22,23,24,25,26). The first-order valence-corrected chi connectivity index (χ1v) is 8.26. The van der Waals surface area contributed by atoms with Gasteiger partial charge in [0.1, 0.15) is 5.82 Å². The molecule has 0 spiro atoms. The Labute approximate surface area is 151 Å². The number of nitrogens with zero attached hydrogens (tertiary/aromatic N) is 2. The average Bonchev–Trinajstić information content (AvgIpc) is 2.69. The topological polar surface area (TPSA) is 84.0 Å². The van der Waals surface area contributed by atoms with Gasteiger partial charge in [-0.05, 0) is 30.7 Å². The number of rotatable bonds is 5. The Morgan fingerprint density at radius 2 is 1.35 bits per heavy atom. The lowest BCUT2D eigenvalue weighted by molar-refractivity contribution is 0.101. The Hall–Kier alpha value is -3.54. The van der Waals surface area contributed by atoms with E-state index < -0.39 is 0 Å². The lowest BCUT2D eigenvalue weighted by atomic mass is 10.2. The van der Waals surface area contributed by atoms with Gasteiger partial charge in [0.05, 0.1) is 0 Å². The molecule has 2 amide bonds. The molecule has 0 fully saturated rings. The van der Waals surface area contributed by atoms with Crippen LogP contribution < -0.4 is 10.6 Å². The van der Waals surface area contributed by atoms with Crippen molar-refractivity contribution in [2.45, 2.75) is 13.3 Å². The molecule has 26 heavy (non-hydrogen) atoms. The molecule has 0 saturated carbocycles. The Balaban J connectivity index is 1.80. The van der Waals surface area contributed by atoms with Crippen LogP contribution in [0.15, 0.2) is 66.7 Å². The van der Waals surface area contributed by atoms with Crippen molar-refractivity contribution >= 4 is 23.6 Å². The van der Waals surface area contributed by atoms with E-state index in [9.17, 15) is 9.59 Å². The summed E-state index contributed by atoms with van der Waals surface area (Å²) in [6.45, 7) is 1.94. The van der Waals surface area contributed by atoms with Crippen LogP contribution in [-0.4, -0.2) is 21.8 Å². The van der Waals surface area contributed by atoms with Crippen LogP contribution in [0.2, 0.25) is 0 Å². The highest BCUT2D eigenvalue weighted by atomic mass is 16.2. The number of hydrogen-bond donors (Lipinski definition) is 2. The van der Waals surface area contributed by atoms with Gasteiger partial charge in [0.25, 0.3) is 11.8 Å². The number of nitrogens with one attached hydrogen (secondary N) is 2. The van der Waals surface area contributed by atoms with Gasteiger partial charge >= 0.3 is 0 Å². The first-order chi connectivity index (χ1) is 12.7. The van der Waals surface area contributed by atoms with Crippen molar-refractivity contribution in [2.75, 3.05) is 10.6 Å². The zero-order valence-electron chi connectivity index (χ0n) is 14.3. The molecule has 130 valence electrons. The summed E-state index contributed by atoms with van der Waals surface area (Å²) in [5.74, 6) is -0.0819. The smallest absolute Gasteiger partial charge is 0.258 e. The van der Waals surface area contributed by atoms with Gasteiger partial charge in [-0.1, -0.05) is 43.3 Å². The van der Waals surface area contributed by atoms with E-state index in [0.717, 1.165) is 0 Å². The molecule has 0 radical (unpaired) electrons. The van der Waals surface area contributed by atoms with Crippen molar-refractivity contribution in [1.29, 1.82) is 0 Å². The third-order valence-corrected chi connectivity index (χ3v) is 3.68. The number of anilines is 2. The maximum absolute atomic E-state index is 12.3. The SMILES string of the molecule is CCc1cc(NC(=O)c2ccccc2)nc(NC(=O)c2ccccc2)n1. The third-order valence-electron chi connectivity index (χ3n) is 3.68. The van der Waals surface area contributed by atoms with Crippen LogP contribution in [-0.2, 0) is 6.42 Å². The average molecular weight is 346 g/mol. The van der Waals surface area contributed by atoms with E-state index in [0.29, 0.717) is 29.1 Å². The molecule has 0 aliphatic heterocycles. The molecule has 0 bridgehead atoms. The van der Waals surface area contributed by atoms with Crippen molar-refractivity contribution in [3.05, 3.63) is 83.6 Å². The van der Waals surface area contributed by atoms with Crippen molar-refractivity contribution in [1.82, 2.24) is 9.97 Å². The van der Waals surface area contributed by atoms with E-state index >= 15 is 0 Å². The fourth-order valence-electron chi connectivity index (χ4n) is 2.34. The third kappa shape index (κ3) is 4.30. The maximum Gasteiger partial charge on any atom is 0.258 e. The molecule has 2 aromatic carbocycles. The predicted octanol–water partition coefficient (Wildman–Crippen LogP) is 3.54. The molecule has 2 N–H and O–H groups in total. The number of amides is 2. The van der Waals surface area contributed by atoms with Crippen LogP contribution in [0.3, 0.4) is 0 Å². The second-order valence-electron chi connectivity index (χ2n) is 5.56. The summed E-state index contributed by atoms with van der Waals surface area (Å²) >= 11 is 0. The highest BCUT2D eigenvalue weighted by molar-refractivity contribution is 6.05. The first kappa shape index (κ1) is 17.3. The molecular weight excluding hydrogens is 328 g/mol. The van der Waals surface area contributed by atoms with Crippen molar-refractivity contribution < 1.29 is 9.59 Å². The predicted molar refractivity (Wildman–Crippen MR) is 100 cm³/mol. The summed E-state index contributed by atoms with van der Waals surface area (Å²) in [7, 11) is 0. The fraction of sp³-hybridized carbons (Fsp3) is 0.100. The minimum atomic E-state index is -0.306. The highest BCUT2D eigenvalue weighted by Crippen LogP contribution is 2.13. The summed E-state index contributed by atoms with van der Waals surface area (Å²) < 4.78 is 0. The summed E-state index contributed by atoms with van der Waals surface area (Å²) in [5, 5.41) is 5.42. The number of aromatic nitrogens is 2. The van der Waals surface area contributed by atoms with Crippen LogP contribution in [0.25, 0.3) is 0 Å². The fourth-order valence-corrected chi connectivity index (χ4v) is 2.34. The Morgan fingerprint density at radius 3 is 1.88 bits per heavy atom. The number of aryl methyl sites for hydroxylation is 1. The zero-order valence-corrected chi connectivity index (χ0v) is 14.3. The summed E-state index contributed by atoms with van der Waals surface area (Å²) in [4.78, 5) is 33.1.